The maximum Gasteiger partial charge on any atom is 0.141 e. The monoisotopic (exact) mass is 246 g/mol. The van der Waals surface area contributed by atoms with Crippen molar-refractivity contribution in [3.05, 3.63) is 35.4 Å². The van der Waals surface area contributed by atoms with Gasteiger partial charge in [0.2, 0.25) is 0 Å². The first-order valence-electron chi connectivity index (χ1n) is 5.89. The lowest BCUT2D eigenvalue weighted by Gasteiger charge is -2.07. The summed E-state index contributed by atoms with van der Waals surface area (Å²) in [5.74, 6) is 2.63. The van der Waals surface area contributed by atoms with Crippen LogP contribution in [-0.2, 0) is 19.9 Å². The lowest BCUT2D eigenvalue weighted by Crippen LogP contribution is -2.02. The summed E-state index contributed by atoms with van der Waals surface area (Å²) < 4.78 is 7.14. The number of nitrogen functional groups attached to an aromatic ring is 1. The van der Waals surface area contributed by atoms with Gasteiger partial charge in [0.15, 0.2) is 0 Å². The van der Waals surface area contributed by atoms with E-state index in [1.54, 1.807) is 7.11 Å². The number of ether oxygens (including phenoxy) is 1. The summed E-state index contributed by atoms with van der Waals surface area (Å²) in [5.41, 5.74) is 7.72. The van der Waals surface area contributed by atoms with Gasteiger partial charge < -0.3 is 15.0 Å². The Labute approximate surface area is 107 Å². The summed E-state index contributed by atoms with van der Waals surface area (Å²) in [6.07, 6.45) is 1.74. The van der Waals surface area contributed by atoms with E-state index in [2.05, 4.69) is 10.2 Å². The average Bonchev–Trinajstić information content (AvgIpc) is 2.68. The Morgan fingerprint density at radius 1 is 1.28 bits per heavy atom. The van der Waals surface area contributed by atoms with Gasteiger partial charge in [-0.3, -0.25) is 0 Å². The Bertz CT molecular complexity index is 548. The van der Waals surface area contributed by atoms with Gasteiger partial charge in [0, 0.05) is 13.5 Å². The first-order chi connectivity index (χ1) is 8.61. The topological polar surface area (TPSA) is 66.0 Å². The number of methoxy groups -OCH3 is 1. The highest BCUT2D eigenvalue weighted by Crippen LogP contribution is 2.22. The van der Waals surface area contributed by atoms with E-state index in [-0.39, 0.29) is 0 Å². The minimum atomic E-state index is 0.671. The molecule has 1 heterocycles. The summed E-state index contributed by atoms with van der Waals surface area (Å²) in [4.78, 5) is 0. The minimum absolute atomic E-state index is 0.671. The van der Waals surface area contributed by atoms with Crippen molar-refractivity contribution >= 4 is 5.69 Å². The number of anilines is 1. The van der Waals surface area contributed by atoms with E-state index in [9.17, 15) is 0 Å². The highest BCUT2D eigenvalue weighted by atomic mass is 16.5. The standard InChI is InChI=1S/C13H18N4O/c1-9-15-16-13(17(9)2)7-5-10-4-6-12(18-3)11(14)8-10/h4,6,8H,5,7,14H2,1-3H3. The molecule has 0 saturated carbocycles. The van der Waals surface area contributed by atoms with E-state index in [1.165, 1.54) is 5.56 Å². The van der Waals surface area contributed by atoms with Gasteiger partial charge in [-0.2, -0.15) is 0 Å². The molecule has 0 aliphatic rings. The average molecular weight is 246 g/mol. The first kappa shape index (κ1) is 12.4. The molecule has 0 aliphatic carbocycles. The van der Waals surface area contributed by atoms with Crippen molar-refractivity contribution in [2.75, 3.05) is 12.8 Å². The molecule has 5 nitrogen and oxygen atoms in total. The molecule has 0 unspecified atom stereocenters. The SMILES string of the molecule is COc1ccc(CCc2nnc(C)n2C)cc1N. The summed E-state index contributed by atoms with van der Waals surface area (Å²) in [5, 5.41) is 8.19. The van der Waals surface area contributed by atoms with Gasteiger partial charge in [-0.25, -0.2) is 0 Å². The molecule has 0 spiro atoms. The number of nitrogens with two attached hydrogens (primary N) is 1. The van der Waals surface area contributed by atoms with Gasteiger partial charge in [-0.15, -0.1) is 10.2 Å². The highest BCUT2D eigenvalue weighted by Gasteiger charge is 2.06. The van der Waals surface area contributed by atoms with Crippen LogP contribution in [-0.4, -0.2) is 21.9 Å². The fraction of sp³-hybridized carbons (Fsp3) is 0.385. The van der Waals surface area contributed by atoms with E-state index < -0.39 is 0 Å². The van der Waals surface area contributed by atoms with Crippen LogP contribution < -0.4 is 10.5 Å². The molecule has 18 heavy (non-hydrogen) atoms. The molecule has 1 aromatic heterocycles. The summed E-state index contributed by atoms with van der Waals surface area (Å²) in [6.45, 7) is 1.95. The molecule has 5 heteroatoms. The van der Waals surface area contributed by atoms with Gasteiger partial charge in [0.25, 0.3) is 0 Å². The second kappa shape index (κ2) is 5.08. The van der Waals surface area contributed by atoms with Gasteiger partial charge >= 0.3 is 0 Å². The molecule has 0 saturated heterocycles. The van der Waals surface area contributed by atoms with Crippen molar-refractivity contribution in [2.24, 2.45) is 7.05 Å². The largest absolute Gasteiger partial charge is 0.495 e. The zero-order chi connectivity index (χ0) is 13.1. The Balaban J connectivity index is 2.06. The minimum Gasteiger partial charge on any atom is -0.495 e. The van der Waals surface area contributed by atoms with E-state index in [1.807, 2.05) is 36.7 Å². The van der Waals surface area contributed by atoms with Gasteiger partial charge in [0.05, 0.1) is 12.8 Å². The molecule has 0 aliphatic heterocycles. The van der Waals surface area contributed by atoms with Crippen LogP contribution in [0.5, 0.6) is 5.75 Å². The molecule has 0 amide bonds. The quantitative estimate of drug-likeness (QED) is 0.830. The van der Waals surface area contributed by atoms with Gasteiger partial charge in [-0.1, -0.05) is 6.07 Å². The number of nitrogens with zero attached hydrogens (tertiary/aromatic N) is 3. The highest BCUT2D eigenvalue weighted by molar-refractivity contribution is 5.54. The molecule has 2 aromatic rings. The number of aromatic nitrogens is 3. The molecular weight excluding hydrogens is 228 g/mol. The third kappa shape index (κ3) is 2.45. The summed E-state index contributed by atoms with van der Waals surface area (Å²) in [6, 6.07) is 5.87. The molecule has 96 valence electrons. The van der Waals surface area contributed by atoms with E-state index in [0.717, 1.165) is 24.5 Å². The maximum absolute atomic E-state index is 5.88. The molecular formula is C13H18N4O. The third-order valence-electron chi connectivity index (χ3n) is 3.11. The van der Waals surface area contributed by atoms with Crippen LogP contribution in [0.1, 0.15) is 17.2 Å². The first-order valence-corrected chi connectivity index (χ1v) is 5.89. The molecule has 0 radical (unpaired) electrons. The Kier molecular flexibility index (Phi) is 3.50. The second-order valence-corrected chi connectivity index (χ2v) is 4.30. The molecule has 0 atom stereocenters. The van der Waals surface area contributed by atoms with Crippen LogP contribution in [0.15, 0.2) is 18.2 Å². The van der Waals surface area contributed by atoms with Crippen molar-refractivity contribution in [3.63, 3.8) is 0 Å². The molecule has 0 bridgehead atoms. The Morgan fingerprint density at radius 2 is 2.06 bits per heavy atom. The van der Waals surface area contributed by atoms with Crippen molar-refractivity contribution in [1.29, 1.82) is 0 Å². The van der Waals surface area contributed by atoms with Crippen molar-refractivity contribution in [3.8, 4) is 5.75 Å². The van der Waals surface area contributed by atoms with Gasteiger partial charge in [-0.05, 0) is 31.0 Å². The summed E-state index contributed by atoms with van der Waals surface area (Å²) in [7, 11) is 3.60. The number of benzene rings is 1. The fourth-order valence-corrected chi connectivity index (χ4v) is 1.86. The maximum atomic E-state index is 5.88. The zero-order valence-electron chi connectivity index (χ0n) is 11.0. The van der Waals surface area contributed by atoms with Crippen molar-refractivity contribution < 1.29 is 4.74 Å². The van der Waals surface area contributed by atoms with Crippen LogP contribution in [0, 0.1) is 6.92 Å². The predicted molar refractivity (Wildman–Crippen MR) is 70.6 cm³/mol. The molecule has 2 rings (SSSR count). The number of hydrogen-bond acceptors (Lipinski definition) is 4. The number of rotatable bonds is 4. The van der Waals surface area contributed by atoms with Crippen LogP contribution in [0.3, 0.4) is 0 Å². The van der Waals surface area contributed by atoms with Crippen molar-refractivity contribution in [2.45, 2.75) is 19.8 Å². The molecule has 2 N–H and O–H groups in total. The number of aryl methyl sites for hydroxylation is 3. The second-order valence-electron chi connectivity index (χ2n) is 4.30. The lowest BCUT2D eigenvalue weighted by molar-refractivity contribution is 0.417. The third-order valence-corrected chi connectivity index (χ3v) is 3.11. The van der Waals surface area contributed by atoms with Crippen LogP contribution >= 0.6 is 0 Å². The zero-order valence-corrected chi connectivity index (χ0v) is 11.0. The van der Waals surface area contributed by atoms with Crippen LogP contribution in [0.4, 0.5) is 5.69 Å². The normalized spacial score (nSPS) is 10.6. The van der Waals surface area contributed by atoms with Gasteiger partial charge in [0.1, 0.15) is 17.4 Å². The van der Waals surface area contributed by atoms with Crippen LogP contribution in [0.25, 0.3) is 0 Å². The smallest absolute Gasteiger partial charge is 0.141 e. The van der Waals surface area contributed by atoms with E-state index >= 15 is 0 Å². The molecule has 0 fully saturated rings. The summed E-state index contributed by atoms with van der Waals surface area (Å²) >= 11 is 0. The van der Waals surface area contributed by atoms with Crippen LogP contribution in [0.2, 0.25) is 0 Å². The Hall–Kier alpha value is -2.04. The van der Waals surface area contributed by atoms with Crippen molar-refractivity contribution in [1.82, 2.24) is 14.8 Å². The molecule has 1 aromatic carbocycles. The number of hydrogen-bond donors (Lipinski definition) is 1. The van der Waals surface area contributed by atoms with E-state index in [4.69, 9.17) is 10.5 Å². The predicted octanol–water partition coefficient (Wildman–Crippen LogP) is 1.50. The lowest BCUT2D eigenvalue weighted by atomic mass is 10.1. The fourth-order valence-electron chi connectivity index (χ4n) is 1.86. The van der Waals surface area contributed by atoms with E-state index in [0.29, 0.717) is 11.4 Å². The Morgan fingerprint density at radius 3 is 2.61 bits per heavy atom.